The normalized spacial score (nSPS) is 11.1. The molecule has 176 valence electrons. The summed E-state index contributed by atoms with van der Waals surface area (Å²) in [5.41, 5.74) is 2.27. The van der Waals surface area contributed by atoms with Crippen molar-refractivity contribution in [1.82, 2.24) is 14.5 Å². The number of imidazole rings is 1. The maximum atomic E-state index is 12.3. The largest absolute Gasteiger partial charge is 0.501 e. The Balaban J connectivity index is 1.80. The molecule has 0 aliphatic heterocycles. The number of ether oxygens (including phenoxy) is 1. The lowest BCUT2D eigenvalue weighted by atomic mass is 10.1. The van der Waals surface area contributed by atoms with E-state index < -0.39 is 17.1 Å². The number of aryl methyl sites for hydroxylation is 1. The van der Waals surface area contributed by atoms with Crippen molar-refractivity contribution < 1.29 is 24.2 Å². The zero-order valence-electron chi connectivity index (χ0n) is 18.9. The van der Waals surface area contributed by atoms with Gasteiger partial charge in [-0.15, -0.1) is 0 Å². The Morgan fingerprint density at radius 1 is 1.17 bits per heavy atom. The summed E-state index contributed by atoms with van der Waals surface area (Å²) in [6.07, 6.45) is 1.70. The topological polar surface area (TPSA) is 131 Å². The summed E-state index contributed by atoms with van der Waals surface area (Å²) >= 11 is 0. The third kappa shape index (κ3) is 3.93. The van der Waals surface area contributed by atoms with E-state index in [2.05, 4.69) is 4.98 Å². The minimum atomic E-state index is -0.985. The number of aromatic nitrogens is 3. The average Bonchev–Trinajstić information content (AvgIpc) is 3.43. The number of nitrogens with one attached hydrogen (secondary N) is 1. The Hall–Kier alpha value is -4.79. The van der Waals surface area contributed by atoms with Crippen LogP contribution in [0.25, 0.3) is 45.0 Å². The molecule has 0 fully saturated rings. The molecular formula is C26H21N3O6. The van der Waals surface area contributed by atoms with Crippen LogP contribution in [0.15, 0.2) is 70.0 Å². The number of aliphatic carboxylic acids is 1. The molecule has 0 spiro atoms. The van der Waals surface area contributed by atoms with Gasteiger partial charge < -0.3 is 28.9 Å². The van der Waals surface area contributed by atoms with Gasteiger partial charge in [-0.05, 0) is 25.1 Å². The molecule has 35 heavy (non-hydrogen) atoms. The van der Waals surface area contributed by atoms with Crippen LogP contribution in [0.5, 0.6) is 11.5 Å². The molecule has 2 aromatic carbocycles. The molecule has 0 atom stereocenters. The van der Waals surface area contributed by atoms with E-state index in [1.807, 2.05) is 30.3 Å². The molecule has 0 aliphatic rings. The van der Waals surface area contributed by atoms with Gasteiger partial charge >= 0.3 is 5.97 Å². The quantitative estimate of drug-likeness (QED) is 0.334. The molecular weight excluding hydrogens is 450 g/mol. The second-order valence-electron chi connectivity index (χ2n) is 8.02. The van der Waals surface area contributed by atoms with Gasteiger partial charge in [0.1, 0.15) is 35.3 Å². The Labute approximate surface area is 198 Å². The first kappa shape index (κ1) is 22.0. The van der Waals surface area contributed by atoms with Crippen LogP contribution in [0.1, 0.15) is 5.76 Å². The van der Waals surface area contributed by atoms with Crippen molar-refractivity contribution in [3.63, 3.8) is 0 Å². The van der Waals surface area contributed by atoms with Crippen LogP contribution in [0, 0.1) is 6.92 Å². The standard InChI is InChI=1S/C26H21N3O6/c1-14-10-20(30)24(33)25(35-14)23-22(15-6-4-3-5-7-15)27-26(28-23)18-12-29(13-21(31)32)19-9-8-16(34-2)11-17(18)19/h3-12,33H,13H2,1-2H3,(H,27,28)(H,31,32). The van der Waals surface area contributed by atoms with Crippen LogP contribution in [-0.2, 0) is 11.3 Å². The second kappa shape index (κ2) is 8.53. The average molecular weight is 471 g/mol. The number of H-pyrrole nitrogens is 1. The van der Waals surface area contributed by atoms with Crippen molar-refractivity contribution in [3.05, 3.63) is 76.8 Å². The number of carboxylic acids is 1. The SMILES string of the molecule is COc1ccc2c(c1)c(-c1nc(-c3ccccc3)c(-c3oc(C)cc(=O)c3O)[nH]1)cn2CC(=O)O. The molecule has 0 unspecified atom stereocenters. The summed E-state index contributed by atoms with van der Waals surface area (Å²) in [6, 6.07) is 15.8. The molecule has 9 heteroatoms. The number of aromatic amines is 1. The van der Waals surface area contributed by atoms with Gasteiger partial charge in [0, 0.05) is 34.3 Å². The van der Waals surface area contributed by atoms with E-state index in [1.165, 1.54) is 6.07 Å². The van der Waals surface area contributed by atoms with E-state index in [0.717, 1.165) is 10.9 Å². The molecule has 3 aromatic heterocycles. The van der Waals surface area contributed by atoms with Crippen LogP contribution in [-0.4, -0.2) is 37.8 Å². The van der Waals surface area contributed by atoms with Gasteiger partial charge in [-0.1, -0.05) is 30.3 Å². The Bertz CT molecular complexity index is 1630. The fraction of sp³-hybridized carbons (Fsp3) is 0.115. The van der Waals surface area contributed by atoms with Crippen molar-refractivity contribution in [3.8, 4) is 45.6 Å². The van der Waals surface area contributed by atoms with Crippen LogP contribution in [0.3, 0.4) is 0 Å². The monoisotopic (exact) mass is 471 g/mol. The summed E-state index contributed by atoms with van der Waals surface area (Å²) in [5, 5.41) is 20.6. The van der Waals surface area contributed by atoms with E-state index >= 15 is 0 Å². The van der Waals surface area contributed by atoms with E-state index in [0.29, 0.717) is 39.8 Å². The number of benzene rings is 2. The van der Waals surface area contributed by atoms with E-state index in [1.54, 1.807) is 43.0 Å². The van der Waals surface area contributed by atoms with Crippen LogP contribution in [0.4, 0.5) is 0 Å². The summed E-state index contributed by atoms with van der Waals surface area (Å²) in [5.74, 6) is -0.201. The Kier molecular flexibility index (Phi) is 5.37. The maximum Gasteiger partial charge on any atom is 0.323 e. The summed E-state index contributed by atoms with van der Waals surface area (Å²) in [6.45, 7) is 1.38. The van der Waals surface area contributed by atoms with Gasteiger partial charge in [0.25, 0.3) is 0 Å². The first-order valence-corrected chi connectivity index (χ1v) is 10.7. The number of nitrogens with zero attached hydrogens (tertiary/aromatic N) is 2. The van der Waals surface area contributed by atoms with Gasteiger partial charge in [0.05, 0.1) is 7.11 Å². The van der Waals surface area contributed by atoms with E-state index in [9.17, 15) is 19.8 Å². The van der Waals surface area contributed by atoms with Gasteiger partial charge in [-0.3, -0.25) is 9.59 Å². The predicted molar refractivity (Wildman–Crippen MR) is 130 cm³/mol. The minimum absolute atomic E-state index is 0.0283. The molecule has 3 N–H and O–H groups in total. The van der Waals surface area contributed by atoms with Crippen LogP contribution >= 0.6 is 0 Å². The minimum Gasteiger partial charge on any atom is -0.501 e. The molecule has 5 aromatic rings. The smallest absolute Gasteiger partial charge is 0.323 e. The number of aromatic hydroxyl groups is 1. The third-order valence-electron chi connectivity index (χ3n) is 5.67. The molecule has 0 aliphatic carbocycles. The lowest BCUT2D eigenvalue weighted by Crippen LogP contribution is -2.07. The van der Waals surface area contributed by atoms with Crippen molar-refractivity contribution in [1.29, 1.82) is 0 Å². The van der Waals surface area contributed by atoms with E-state index in [-0.39, 0.29) is 12.3 Å². The number of rotatable bonds is 6. The highest BCUT2D eigenvalue weighted by Gasteiger charge is 2.24. The number of methoxy groups -OCH3 is 1. The molecule has 5 rings (SSSR count). The number of carboxylic acid groups (broad SMARTS) is 1. The van der Waals surface area contributed by atoms with Crippen LogP contribution in [0.2, 0.25) is 0 Å². The second-order valence-corrected chi connectivity index (χ2v) is 8.02. The lowest BCUT2D eigenvalue weighted by molar-refractivity contribution is -0.137. The first-order chi connectivity index (χ1) is 16.9. The fourth-order valence-corrected chi connectivity index (χ4v) is 4.11. The first-order valence-electron chi connectivity index (χ1n) is 10.7. The molecule has 0 saturated heterocycles. The highest BCUT2D eigenvalue weighted by molar-refractivity contribution is 5.97. The van der Waals surface area contributed by atoms with Crippen molar-refractivity contribution in [2.75, 3.05) is 7.11 Å². The fourth-order valence-electron chi connectivity index (χ4n) is 4.11. The molecule has 0 saturated carbocycles. The van der Waals surface area contributed by atoms with Gasteiger partial charge in [0.2, 0.25) is 11.2 Å². The number of fused-ring (bicyclic) bond motifs is 1. The highest BCUT2D eigenvalue weighted by Crippen LogP contribution is 2.39. The van der Waals surface area contributed by atoms with Crippen molar-refractivity contribution >= 4 is 16.9 Å². The lowest BCUT2D eigenvalue weighted by Gasteiger charge is -2.05. The molecule has 0 amide bonds. The zero-order chi connectivity index (χ0) is 24.7. The molecule has 0 bridgehead atoms. The summed E-state index contributed by atoms with van der Waals surface area (Å²) < 4.78 is 12.7. The number of hydrogen-bond acceptors (Lipinski definition) is 6. The van der Waals surface area contributed by atoms with Gasteiger partial charge in [-0.25, -0.2) is 4.98 Å². The Morgan fingerprint density at radius 2 is 1.94 bits per heavy atom. The third-order valence-corrected chi connectivity index (χ3v) is 5.67. The summed E-state index contributed by atoms with van der Waals surface area (Å²) in [7, 11) is 1.55. The summed E-state index contributed by atoms with van der Waals surface area (Å²) in [4.78, 5) is 31.8. The van der Waals surface area contributed by atoms with Crippen molar-refractivity contribution in [2.24, 2.45) is 0 Å². The maximum absolute atomic E-state index is 12.3. The van der Waals surface area contributed by atoms with E-state index in [4.69, 9.17) is 14.1 Å². The predicted octanol–water partition coefficient (Wildman–Crippen LogP) is 4.43. The zero-order valence-corrected chi connectivity index (χ0v) is 18.9. The van der Waals surface area contributed by atoms with Crippen LogP contribution < -0.4 is 10.2 Å². The number of carbonyl (C=O) groups is 1. The van der Waals surface area contributed by atoms with Gasteiger partial charge in [-0.2, -0.15) is 0 Å². The molecule has 9 nitrogen and oxygen atoms in total. The Morgan fingerprint density at radius 3 is 2.66 bits per heavy atom. The van der Waals surface area contributed by atoms with Gasteiger partial charge in [0.15, 0.2) is 5.76 Å². The number of hydrogen-bond donors (Lipinski definition) is 3. The van der Waals surface area contributed by atoms with Crippen molar-refractivity contribution in [2.45, 2.75) is 13.5 Å². The molecule has 0 radical (unpaired) electrons. The molecule has 3 heterocycles. The highest BCUT2D eigenvalue weighted by atomic mass is 16.5.